The summed E-state index contributed by atoms with van der Waals surface area (Å²) in [5, 5.41) is 3.20. The number of nitrogens with one attached hydrogen (secondary N) is 1. The first-order chi connectivity index (χ1) is 15.5. The van der Waals surface area contributed by atoms with Crippen LogP contribution in [0.15, 0.2) is 48.5 Å². The number of piperidine rings is 1. The molecule has 1 saturated carbocycles. The van der Waals surface area contributed by atoms with Gasteiger partial charge in [0.25, 0.3) is 0 Å². The van der Waals surface area contributed by atoms with Gasteiger partial charge in [-0.05, 0) is 81.4 Å². The number of ether oxygens (including phenoxy) is 1. The highest BCUT2D eigenvalue weighted by Gasteiger charge is 2.41. The molecule has 0 bridgehead atoms. The highest BCUT2D eigenvalue weighted by molar-refractivity contribution is 5.99. The van der Waals surface area contributed by atoms with Gasteiger partial charge in [-0.15, -0.1) is 0 Å². The minimum absolute atomic E-state index is 0.119. The van der Waals surface area contributed by atoms with E-state index in [0.717, 1.165) is 55.1 Å². The third-order valence-electron chi connectivity index (χ3n) is 7.41. The predicted octanol–water partition coefficient (Wildman–Crippen LogP) is 5.95. The van der Waals surface area contributed by atoms with E-state index in [1.165, 1.54) is 37.9 Å². The summed E-state index contributed by atoms with van der Waals surface area (Å²) < 4.78 is 5.96. The Morgan fingerprint density at radius 2 is 1.66 bits per heavy atom. The highest BCUT2D eigenvalue weighted by atomic mass is 16.5. The minimum atomic E-state index is -0.424. The molecular formula is C28H38N2O2. The molecule has 4 rings (SSSR count). The van der Waals surface area contributed by atoms with Crippen LogP contribution in [0.4, 0.5) is 5.69 Å². The number of carbonyl (C=O) groups excluding carboxylic acids is 1. The van der Waals surface area contributed by atoms with Crippen molar-refractivity contribution in [2.45, 2.75) is 64.2 Å². The lowest BCUT2D eigenvalue weighted by molar-refractivity contribution is -0.122. The van der Waals surface area contributed by atoms with Crippen molar-refractivity contribution in [3.8, 4) is 5.75 Å². The van der Waals surface area contributed by atoms with Gasteiger partial charge in [-0.25, -0.2) is 0 Å². The Morgan fingerprint density at radius 3 is 2.31 bits per heavy atom. The molecule has 1 aliphatic carbocycles. The molecule has 4 heteroatoms. The van der Waals surface area contributed by atoms with Crippen molar-refractivity contribution in [1.82, 2.24) is 4.90 Å². The average molecular weight is 435 g/mol. The molecule has 2 fully saturated rings. The van der Waals surface area contributed by atoms with Gasteiger partial charge in [0, 0.05) is 12.2 Å². The van der Waals surface area contributed by atoms with E-state index in [0.29, 0.717) is 6.61 Å². The van der Waals surface area contributed by atoms with Gasteiger partial charge in [-0.2, -0.15) is 0 Å². The molecule has 0 radical (unpaired) electrons. The molecule has 0 spiro atoms. The Labute approximate surface area is 193 Å². The molecule has 1 N–H and O–H groups in total. The largest absolute Gasteiger partial charge is 0.492 e. The molecule has 1 amide bonds. The number of hydrogen-bond acceptors (Lipinski definition) is 3. The van der Waals surface area contributed by atoms with Crippen LogP contribution in [0, 0.1) is 12.8 Å². The number of likely N-dealkylation sites (tertiary alicyclic amines) is 1. The minimum Gasteiger partial charge on any atom is -0.492 e. The van der Waals surface area contributed by atoms with Gasteiger partial charge in [0.15, 0.2) is 0 Å². The smallest absolute Gasteiger partial charge is 0.235 e. The fraction of sp³-hybridized carbons (Fsp3) is 0.536. The van der Waals surface area contributed by atoms with E-state index in [2.05, 4.69) is 48.3 Å². The first kappa shape index (κ1) is 22.8. The van der Waals surface area contributed by atoms with E-state index in [-0.39, 0.29) is 5.91 Å². The van der Waals surface area contributed by atoms with Gasteiger partial charge in [-0.1, -0.05) is 56.0 Å². The Morgan fingerprint density at radius 1 is 1.00 bits per heavy atom. The number of carbonyl (C=O) groups is 1. The molecule has 1 aliphatic heterocycles. The van der Waals surface area contributed by atoms with Crippen molar-refractivity contribution in [2.24, 2.45) is 5.92 Å². The van der Waals surface area contributed by atoms with Crippen molar-refractivity contribution in [3.05, 3.63) is 59.7 Å². The number of benzene rings is 2. The Hall–Kier alpha value is -2.33. The van der Waals surface area contributed by atoms with Crippen molar-refractivity contribution in [2.75, 3.05) is 31.6 Å². The normalized spacial score (nSPS) is 19.4. The first-order valence-corrected chi connectivity index (χ1v) is 12.4. The SMILES string of the molecule is Cc1ccc(C2(C(=O)Nc3ccc(OCCN4CCC(C)CC4)cc3)CCCCC2)cc1. The van der Waals surface area contributed by atoms with Crippen LogP contribution in [0.2, 0.25) is 0 Å². The molecule has 172 valence electrons. The van der Waals surface area contributed by atoms with Gasteiger partial charge in [0.1, 0.15) is 12.4 Å². The number of aryl methyl sites for hydroxylation is 1. The van der Waals surface area contributed by atoms with E-state index in [1.807, 2.05) is 24.3 Å². The second-order valence-corrected chi connectivity index (χ2v) is 9.86. The lowest BCUT2D eigenvalue weighted by atomic mass is 9.68. The summed E-state index contributed by atoms with van der Waals surface area (Å²) in [5.74, 6) is 1.84. The van der Waals surface area contributed by atoms with Gasteiger partial charge < -0.3 is 10.1 Å². The number of hydrogen-bond donors (Lipinski definition) is 1. The van der Waals surface area contributed by atoms with Crippen LogP contribution >= 0.6 is 0 Å². The molecule has 0 aromatic heterocycles. The van der Waals surface area contributed by atoms with Crippen molar-refractivity contribution < 1.29 is 9.53 Å². The molecule has 1 saturated heterocycles. The number of nitrogens with zero attached hydrogens (tertiary/aromatic N) is 1. The third-order valence-corrected chi connectivity index (χ3v) is 7.41. The zero-order chi connectivity index (χ0) is 22.4. The summed E-state index contributed by atoms with van der Waals surface area (Å²) in [6.07, 6.45) is 7.82. The maximum Gasteiger partial charge on any atom is 0.235 e. The topological polar surface area (TPSA) is 41.6 Å². The highest BCUT2D eigenvalue weighted by Crippen LogP contribution is 2.40. The Balaban J connectivity index is 1.34. The fourth-order valence-electron chi connectivity index (χ4n) is 5.14. The Kier molecular flexibility index (Phi) is 7.51. The second kappa shape index (κ2) is 10.5. The zero-order valence-electron chi connectivity index (χ0n) is 19.7. The van der Waals surface area contributed by atoms with Crippen LogP contribution < -0.4 is 10.1 Å². The predicted molar refractivity (Wildman–Crippen MR) is 131 cm³/mol. The molecule has 4 nitrogen and oxygen atoms in total. The van der Waals surface area contributed by atoms with Gasteiger partial charge in [0.2, 0.25) is 5.91 Å². The van der Waals surface area contributed by atoms with Crippen molar-refractivity contribution >= 4 is 11.6 Å². The van der Waals surface area contributed by atoms with Gasteiger partial charge in [0.05, 0.1) is 5.41 Å². The quantitative estimate of drug-likeness (QED) is 0.586. The van der Waals surface area contributed by atoms with E-state index >= 15 is 0 Å². The maximum absolute atomic E-state index is 13.5. The van der Waals surface area contributed by atoms with Crippen molar-refractivity contribution in [1.29, 1.82) is 0 Å². The summed E-state index contributed by atoms with van der Waals surface area (Å²) in [4.78, 5) is 16.0. The average Bonchev–Trinajstić information content (AvgIpc) is 2.82. The maximum atomic E-state index is 13.5. The van der Waals surface area contributed by atoms with Crippen LogP contribution in [0.1, 0.15) is 63.0 Å². The summed E-state index contributed by atoms with van der Waals surface area (Å²) in [6, 6.07) is 16.4. The van der Waals surface area contributed by atoms with E-state index in [9.17, 15) is 4.79 Å². The summed E-state index contributed by atoms with van der Waals surface area (Å²) >= 11 is 0. The van der Waals surface area contributed by atoms with Crippen LogP contribution in [-0.2, 0) is 10.2 Å². The molecule has 0 unspecified atom stereocenters. The van der Waals surface area contributed by atoms with Gasteiger partial charge >= 0.3 is 0 Å². The van der Waals surface area contributed by atoms with Crippen LogP contribution in [0.5, 0.6) is 5.75 Å². The van der Waals surface area contributed by atoms with Crippen LogP contribution in [0.3, 0.4) is 0 Å². The third kappa shape index (κ3) is 5.53. The standard InChI is InChI=1S/C28H38N2O2/c1-22-6-8-24(9-7-22)28(16-4-3-5-17-28)27(31)29-25-10-12-26(13-11-25)32-21-20-30-18-14-23(2)15-19-30/h6-13,23H,3-5,14-21H2,1-2H3,(H,29,31). The lowest BCUT2D eigenvalue weighted by Crippen LogP contribution is -2.42. The molecule has 32 heavy (non-hydrogen) atoms. The van der Waals surface area contributed by atoms with E-state index in [4.69, 9.17) is 4.74 Å². The van der Waals surface area contributed by atoms with Crippen molar-refractivity contribution in [3.63, 3.8) is 0 Å². The first-order valence-electron chi connectivity index (χ1n) is 12.4. The fourth-order valence-corrected chi connectivity index (χ4v) is 5.14. The molecule has 2 aromatic carbocycles. The van der Waals surface area contributed by atoms with Crippen LogP contribution in [0.25, 0.3) is 0 Å². The molecule has 1 heterocycles. The molecule has 0 atom stereocenters. The summed E-state index contributed by atoms with van der Waals surface area (Å²) in [6.45, 7) is 8.47. The Bertz CT molecular complexity index is 861. The lowest BCUT2D eigenvalue weighted by Gasteiger charge is -2.36. The molecule has 2 aliphatic rings. The summed E-state index contributed by atoms with van der Waals surface area (Å²) in [7, 11) is 0. The summed E-state index contributed by atoms with van der Waals surface area (Å²) in [5.41, 5.74) is 2.79. The monoisotopic (exact) mass is 434 g/mol. The van der Waals surface area contributed by atoms with E-state index in [1.54, 1.807) is 0 Å². The van der Waals surface area contributed by atoms with Crippen LogP contribution in [-0.4, -0.2) is 37.0 Å². The zero-order valence-corrected chi connectivity index (χ0v) is 19.7. The number of amides is 1. The molecule has 2 aromatic rings. The number of rotatable bonds is 7. The second-order valence-electron chi connectivity index (χ2n) is 9.86. The van der Waals surface area contributed by atoms with Gasteiger partial charge in [-0.3, -0.25) is 9.69 Å². The number of anilines is 1. The van der Waals surface area contributed by atoms with E-state index < -0.39 is 5.41 Å². The molecular weight excluding hydrogens is 396 g/mol.